The van der Waals surface area contributed by atoms with Crippen LogP contribution in [0.1, 0.15) is 20.3 Å². The van der Waals surface area contributed by atoms with E-state index in [1.807, 2.05) is 0 Å². The predicted octanol–water partition coefficient (Wildman–Crippen LogP) is 0.790. The highest BCUT2D eigenvalue weighted by molar-refractivity contribution is 4.83. The zero-order chi connectivity index (χ0) is 9.03. The molecular weight excluding hydrogens is 154 g/mol. The third-order valence-electron chi connectivity index (χ3n) is 2.42. The van der Waals surface area contributed by atoms with E-state index >= 15 is 0 Å². The Morgan fingerprint density at radius 3 is 3.00 bits per heavy atom. The molecule has 12 heavy (non-hydrogen) atoms. The van der Waals surface area contributed by atoms with Gasteiger partial charge in [0.05, 0.1) is 18.3 Å². The Labute approximate surface area is 74.4 Å². The Morgan fingerprint density at radius 1 is 1.67 bits per heavy atom. The lowest BCUT2D eigenvalue weighted by Crippen LogP contribution is -2.53. The first-order valence-electron chi connectivity index (χ1n) is 4.57. The highest BCUT2D eigenvalue weighted by Gasteiger charge is 2.30. The Morgan fingerprint density at radius 2 is 2.42 bits per heavy atom. The Hall–Kier alpha value is -0.120. The first-order valence-corrected chi connectivity index (χ1v) is 4.57. The zero-order valence-electron chi connectivity index (χ0n) is 8.22. The standard InChI is InChI=1S/C9H19NO2/c1-4-9(2)7-10-5-8(12-9)6-11-3/h8,10H,4-7H2,1-3H3. The molecule has 1 heterocycles. The Kier molecular flexibility index (Phi) is 3.50. The van der Waals surface area contributed by atoms with Crippen LogP contribution in [-0.4, -0.2) is 38.5 Å². The maximum Gasteiger partial charge on any atom is 0.0940 e. The van der Waals surface area contributed by atoms with Crippen molar-refractivity contribution in [3.05, 3.63) is 0 Å². The monoisotopic (exact) mass is 173 g/mol. The van der Waals surface area contributed by atoms with Gasteiger partial charge in [0.2, 0.25) is 0 Å². The summed E-state index contributed by atoms with van der Waals surface area (Å²) in [6.07, 6.45) is 1.26. The molecule has 0 aromatic carbocycles. The zero-order valence-corrected chi connectivity index (χ0v) is 8.22. The van der Waals surface area contributed by atoms with Gasteiger partial charge in [0.15, 0.2) is 0 Å². The second-order valence-corrected chi connectivity index (χ2v) is 3.63. The number of rotatable bonds is 3. The molecule has 2 atom stereocenters. The molecule has 3 heteroatoms. The van der Waals surface area contributed by atoms with E-state index in [1.54, 1.807) is 7.11 Å². The van der Waals surface area contributed by atoms with Crippen LogP contribution in [0.3, 0.4) is 0 Å². The summed E-state index contributed by atoms with van der Waals surface area (Å²) in [4.78, 5) is 0. The molecule has 0 aromatic rings. The van der Waals surface area contributed by atoms with E-state index < -0.39 is 0 Å². The van der Waals surface area contributed by atoms with E-state index in [0.717, 1.165) is 19.5 Å². The lowest BCUT2D eigenvalue weighted by atomic mass is 10.0. The van der Waals surface area contributed by atoms with Crippen molar-refractivity contribution in [2.24, 2.45) is 0 Å². The molecule has 1 saturated heterocycles. The van der Waals surface area contributed by atoms with Gasteiger partial charge in [0.1, 0.15) is 0 Å². The second-order valence-electron chi connectivity index (χ2n) is 3.63. The molecule has 1 aliphatic rings. The van der Waals surface area contributed by atoms with Gasteiger partial charge >= 0.3 is 0 Å². The molecule has 1 N–H and O–H groups in total. The summed E-state index contributed by atoms with van der Waals surface area (Å²) in [6.45, 7) is 6.83. The average Bonchev–Trinajstić information content (AvgIpc) is 2.05. The number of nitrogens with one attached hydrogen (secondary N) is 1. The van der Waals surface area contributed by atoms with E-state index in [0.29, 0.717) is 6.61 Å². The predicted molar refractivity (Wildman–Crippen MR) is 48.3 cm³/mol. The van der Waals surface area contributed by atoms with Crippen LogP contribution in [-0.2, 0) is 9.47 Å². The van der Waals surface area contributed by atoms with Crippen LogP contribution in [0, 0.1) is 0 Å². The maximum atomic E-state index is 5.88. The van der Waals surface area contributed by atoms with Gasteiger partial charge in [-0.15, -0.1) is 0 Å². The fourth-order valence-electron chi connectivity index (χ4n) is 1.47. The molecule has 0 bridgehead atoms. The molecule has 2 unspecified atom stereocenters. The third kappa shape index (κ3) is 2.44. The highest BCUT2D eigenvalue weighted by Crippen LogP contribution is 2.19. The SMILES string of the molecule is CCC1(C)CNCC(COC)O1. The number of methoxy groups -OCH3 is 1. The van der Waals surface area contributed by atoms with Crippen molar-refractivity contribution in [2.45, 2.75) is 32.0 Å². The fourth-order valence-corrected chi connectivity index (χ4v) is 1.47. The van der Waals surface area contributed by atoms with Crippen LogP contribution < -0.4 is 5.32 Å². The van der Waals surface area contributed by atoms with Crippen molar-refractivity contribution in [2.75, 3.05) is 26.8 Å². The lowest BCUT2D eigenvalue weighted by molar-refractivity contribution is -0.126. The maximum absolute atomic E-state index is 5.88. The van der Waals surface area contributed by atoms with Gasteiger partial charge in [0, 0.05) is 20.2 Å². The summed E-state index contributed by atoms with van der Waals surface area (Å²) in [5.41, 5.74) is 0.00144. The summed E-state index contributed by atoms with van der Waals surface area (Å²) >= 11 is 0. The molecule has 1 fully saturated rings. The van der Waals surface area contributed by atoms with Crippen LogP contribution in [0.5, 0.6) is 0 Å². The number of hydrogen-bond acceptors (Lipinski definition) is 3. The number of ether oxygens (including phenoxy) is 2. The van der Waals surface area contributed by atoms with Crippen LogP contribution in [0.2, 0.25) is 0 Å². The Bertz CT molecular complexity index is 138. The molecule has 0 saturated carbocycles. The summed E-state index contributed by atoms with van der Waals surface area (Å²) < 4.78 is 10.9. The molecule has 72 valence electrons. The van der Waals surface area contributed by atoms with Crippen LogP contribution >= 0.6 is 0 Å². The first kappa shape index (κ1) is 9.96. The van der Waals surface area contributed by atoms with Gasteiger partial charge in [-0.05, 0) is 13.3 Å². The van der Waals surface area contributed by atoms with Gasteiger partial charge in [-0.25, -0.2) is 0 Å². The van der Waals surface area contributed by atoms with Gasteiger partial charge in [0.25, 0.3) is 0 Å². The topological polar surface area (TPSA) is 30.5 Å². The van der Waals surface area contributed by atoms with Gasteiger partial charge in [-0.2, -0.15) is 0 Å². The van der Waals surface area contributed by atoms with E-state index in [2.05, 4.69) is 19.2 Å². The van der Waals surface area contributed by atoms with Crippen molar-refractivity contribution in [3.63, 3.8) is 0 Å². The first-order chi connectivity index (χ1) is 5.70. The normalized spacial score (nSPS) is 36.8. The van der Waals surface area contributed by atoms with E-state index in [9.17, 15) is 0 Å². The third-order valence-corrected chi connectivity index (χ3v) is 2.42. The van der Waals surface area contributed by atoms with E-state index in [4.69, 9.17) is 9.47 Å². The van der Waals surface area contributed by atoms with Crippen LogP contribution in [0.25, 0.3) is 0 Å². The molecule has 0 amide bonds. The molecular formula is C9H19NO2. The van der Waals surface area contributed by atoms with E-state index in [-0.39, 0.29) is 11.7 Å². The summed E-state index contributed by atoms with van der Waals surface area (Å²) in [5, 5.41) is 3.36. The summed E-state index contributed by atoms with van der Waals surface area (Å²) in [6, 6.07) is 0. The molecule has 0 radical (unpaired) electrons. The van der Waals surface area contributed by atoms with Crippen molar-refractivity contribution >= 4 is 0 Å². The van der Waals surface area contributed by atoms with Crippen molar-refractivity contribution in [1.82, 2.24) is 5.32 Å². The Balaban J connectivity index is 2.39. The van der Waals surface area contributed by atoms with Gasteiger partial charge in [-0.1, -0.05) is 6.92 Å². The van der Waals surface area contributed by atoms with Crippen molar-refractivity contribution < 1.29 is 9.47 Å². The number of hydrogen-bond donors (Lipinski definition) is 1. The molecule has 0 aliphatic carbocycles. The van der Waals surface area contributed by atoms with Crippen molar-refractivity contribution in [1.29, 1.82) is 0 Å². The molecule has 1 rings (SSSR count). The molecule has 3 nitrogen and oxygen atoms in total. The van der Waals surface area contributed by atoms with Crippen LogP contribution in [0.15, 0.2) is 0 Å². The summed E-state index contributed by atoms with van der Waals surface area (Å²) in [7, 11) is 1.71. The minimum absolute atomic E-state index is 0.00144. The minimum atomic E-state index is 0.00144. The largest absolute Gasteiger partial charge is 0.382 e. The second kappa shape index (κ2) is 4.21. The quantitative estimate of drug-likeness (QED) is 0.684. The average molecular weight is 173 g/mol. The number of morpholine rings is 1. The highest BCUT2D eigenvalue weighted by atomic mass is 16.5. The van der Waals surface area contributed by atoms with Crippen molar-refractivity contribution in [3.8, 4) is 0 Å². The molecule has 0 spiro atoms. The fraction of sp³-hybridized carbons (Fsp3) is 1.00. The smallest absolute Gasteiger partial charge is 0.0940 e. The molecule has 1 aliphatic heterocycles. The van der Waals surface area contributed by atoms with Gasteiger partial charge in [-0.3, -0.25) is 0 Å². The minimum Gasteiger partial charge on any atom is -0.382 e. The van der Waals surface area contributed by atoms with Gasteiger partial charge < -0.3 is 14.8 Å². The molecule has 0 aromatic heterocycles. The van der Waals surface area contributed by atoms with E-state index in [1.165, 1.54) is 0 Å². The lowest BCUT2D eigenvalue weighted by Gasteiger charge is -2.38. The summed E-state index contributed by atoms with van der Waals surface area (Å²) in [5.74, 6) is 0. The van der Waals surface area contributed by atoms with Crippen LogP contribution in [0.4, 0.5) is 0 Å².